The summed E-state index contributed by atoms with van der Waals surface area (Å²) in [4.78, 5) is 29.3. The molecule has 0 saturated carbocycles. The van der Waals surface area contributed by atoms with E-state index in [-0.39, 0.29) is 35.7 Å². The van der Waals surface area contributed by atoms with E-state index < -0.39 is 34.4 Å². The first kappa shape index (κ1) is 33.6. The van der Waals surface area contributed by atoms with E-state index in [1.54, 1.807) is 36.4 Å². The third-order valence-corrected chi connectivity index (χ3v) is 8.13. The summed E-state index contributed by atoms with van der Waals surface area (Å²) in [5, 5.41) is 2.54. The summed E-state index contributed by atoms with van der Waals surface area (Å²) in [6.45, 7) is 4.56. The van der Waals surface area contributed by atoms with Gasteiger partial charge in [0.2, 0.25) is 11.8 Å². The average Bonchev–Trinajstić information content (AvgIpc) is 2.87. The lowest BCUT2D eigenvalue weighted by Crippen LogP contribution is -2.48. The minimum Gasteiger partial charge on any atom is -0.349 e. The first-order valence-electron chi connectivity index (χ1n) is 13.1. The van der Waals surface area contributed by atoms with Crippen LogP contribution in [-0.4, -0.2) is 74.7 Å². The summed E-state index contributed by atoms with van der Waals surface area (Å²) in [7, 11) is -3.30. The Labute approximate surface area is 240 Å². The molecule has 3 rings (SSSR count). The number of halogens is 4. The highest BCUT2D eigenvalue weighted by Gasteiger charge is 2.32. The third kappa shape index (κ3) is 10.4. The van der Waals surface area contributed by atoms with Crippen molar-refractivity contribution in [3.63, 3.8) is 0 Å². The molecule has 2 aromatic rings. The summed E-state index contributed by atoms with van der Waals surface area (Å²) < 4.78 is 61.4. The molecule has 0 aromatic heterocycles. The van der Waals surface area contributed by atoms with E-state index >= 15 is 0 Å². The van der Waals surface area contributed by atoms with Gasteiger partial charge >= 0.3 is 6.18 Å². The lowest BCUT2D eigenvalue weighted by molar-refractivity contribution is -0.154. The molecule has 222 valence electrons. The molecule has 0 bridgehead atoms. The van der Waals surface area contributed by atoms with Crippen LogP contribution in [0.4, 0.5) is 13.2 Å². The Morgan fingerprint density at radius 1 is 1.05 bits per heavy atom. The fourth-order valence-electron chi connectivity index (χ4n) is 4.97. The number of likely N-dealkylation sites (tertiary alicyclic amines) is 1. The number of hydrogen-bond acceptors (Lipinski definition) is 5. The molecule has 40 heavy (non-hydrogen) atoms. The number of nitrogens with one attached hydrogen (secondary N) is 1. The number of sulfone groups is 1. The highest BCUT2D eigenvalue weighted by molar-refractivity contribution is 7.90. The van der Waals surface area contributed by atoms with Crippen LogP contribution in [-0.2, 0) is 25.8 Å². The van der Waals surface area contributed by atoms with Crippen LogP contribution in [0.5, 0.6) is 0 Å². The molecule has 0 radical (unpaired) electrons. The molecule has 2 amide bonds. The van der Waals surface area contributed by atoms with Crippen molar-refractivity contribution in [1.29, 1.82) is 0 Å². The third-order valence-electron chi connectivity index (χ3n) is 7.00. The van der Waals surface area contributed by atoms with Gasteiger partial charge in [0.25, 0.3) is 0 Å². The molecule has 0 unspecified atom stereocenters. The number of carbonyl (C=O) groups is 2. The van der Waals surface area contributed by atoms with Crippen molar-refractivity contribution in [2.24, 2.45) is 0 Å². The number of likely N-dealkylation sites (N-methyl/N-ethyl adjacent to an activating group) is 1. The predicted octanol–water partition coefficient (Wildman–Crippen LogP) is 4.57. The molecule has 0 spiro atoms. The van der Waals surface area contributed by atoms with Crippen molar-refractivity contribution >= 4 is 34.1 Å². The molecule has 0 aliphatic carbocycles. The number of carbonyl (C=O) groups excluding carboxylic acids is 2. The number of alkyl halides is 3. The Hall–Kier alpha value is -2.63. The van der Waals surface area contributed by atoms with E-state index in [2.05, 4.69) is 10.2 Å². The molecule has 1 aliphatic heterocycles. The molecule has 1 aliphatic rings. The quantitative estimate of drug-likeness (QED) is 0.407. The van der Waals surface area contributed by atoms with E-state index in [1.165, 1.54) is 12.1 Å². The summed E-state index contributed by atoms with van der Waals surface area (Å²) >= 11 is 0. The zero-order valence-corrected chi connectivity index (χ0v) is 24.3. The zero-order valence-electron chi connectivity index (χ0n) is 22.7. The van der Waals surface area contributed by atoms with Crippen LogP contribution >= 0.6 is 12.4 Å². The Morgan fingerprint density at radius 2 is 1.65 bits per heavy atom. The number of piperidine rings is 1. The van der Waals surface area contributed by atoms with Crippen molar-refractivity contribution in [2.45, 2.75) is 62.2 Å². The zero-order chi connectivity index (χ0) is 28.6. The lowest BCUT2D eigenvalue weighted by Gasteiger charge is -2.38. The van der Waals surface area contributed by atoms with Gasteiger partial charge in [-0.1, -0.05) is 42.5 Å². The second kappa shape index (κ2) is 14.8. The maximum atomic E-state index is 13.1. The van der Waals surface area contributed by atoms with Crippen molar-refractivity contribution in [3.05, 3.63) is 65.7 Å². The van der Waals surface area contributed by atoms with Gasteiger partial charge in [0.05, 0.1) is 17.4 Å². The van der Waals surface area contributed by atoms with Crippen molar-refractivity contribution in [3.8, 4) is 0 Å². The van der Waals surface area contributed by atoms with E-state index in [9.17, 15) is 31.2 Å². The van der Waals surface area contributed by atoms with Gasteiger partial charge in [-0.2, -0.15) is 13.2 Å². The second-order valence-corrected chi connectivity index (χ2v) is 12.0. The van der Waals surface area contributed by atoms with Crippen molar-refractivity contribution in [1.82, 2.24) is 15.1 Å². The average molecular weight is 604 g/mol. The van der Waals surface area contributed by atoms with Crippen LogP contribution in [0.3, 0.4) is 0 Å². The predicted molar refractivity (Wildman–Crippen MR) is 150 cm³/mol. The fraction of sp³-hybridized carbons (Fsp3) is 0.500. The molecule has 1 atom stereocenters. The van der Waals surface area contributed by atoms with Crippen LogP contribution < -0.4 is 5.32 Å². The molecule has 1 heterocycles. The maximum absolute atomic E-state index is 13.1. The minimum atomic E-state index is -4.56. The summed E-state index contributed by atoms with van der Waals surface area (Å²) in [5.74, 6) is -1.06. The Morgan fingerprint density at radius 3 is 2.17 bits per heavy atom. The molecule has 1 saturated heterocycles. The topological polar surface area (TPSA) is 86.8 Å². The van der Waals surface area contributed by atoms with Gasteiger partial charge < -0.3 is 15.1 Å². The number of nitrogens with zero attached hydrogens (tertiary/aromatic N) is 2. The highest BCUT2D eigenvalue weighted by atomic mass is 35.5. The summed E-state index contributed by atoms with van der Waals surface area (Å²) in [6.07, 6.45) is -2.73. The number of hydrogen-bond donors (Lipinski definition) is 1. The maximum Gasteiger partial charge on any atom is 0.397 e. The van der Waals surface area contributed by atoms with E-state index in [4.69, 9.17) is 0 Å². The molecule has 1 N–H and O–H groups in total. The largest absolute Gasteiger partial charge is 0.397 e. The molecule has 1 fully saturated rings. The van der Waals surface area contributed by atoms with Crippen LogP contribution in [0.1, 0.15) is 49.8 Å². The Kier molecular flexibility index (Phi) is 12.5. The van der Waals surface area contributed by atoms with E-state index in [0.717, 1.165) is 43.3 Å². The first-order chi connectivity index (χ1) is 18.4. The molecule has 2 aromatic carbocycles. The SMILES string of the molecule is CCN(C(=O)Cc1ccc(S(C)(=O)=O)cc1)C1CCN(CC[C@H](NC(=O)CC(F)(F)F)c2ccccc2)CC1.Cl. The molecule has 12 heteroatoms. The summed E-state index contributed by atoms with van der Waals surface area (Å²) in [5.41, 5.74) is 1.51. The minimum absolute atomic E-state index is 0. The van der Waals surface area contributed by atoms with Crippen LogP contribution in [0.25, 0.3) is 0 Å². The van der Waals surface area contributed by atoms with Crippen LogP contribution in [0.15, 0.2) is 59.5 Å². The first-order valence-corrected chi connectivity index (χ1v) is 15.0. The summed E-state index contributed by atoms with van der Waals surface area (Å²) in [6, 6.07) is 14.9. The molecular formula is C28H37ClF3N3O4S. The number of rotatable bonds is 11. The normalized spacial score (nSPS) is 15.6. The van der Waals surface area contributed by atoms with Gasteiger partial charge in [-0.15, -0.1) is 12.4 Å². The number of benzene rings is 2. The van der Waals surface area contributed by atoms with Crippen LogP contribution in [0, 0.1) is 0 Å². The van der Waals surface area contributed by atoms with Crippen LogP contribution in [0.2, 0.25) is 0 Å². The monoisotopic (exact) mass is 603 g/mol. The fourth-order valence-corrected chi connectivity index (χ4v) is 5.60. The van der Waals surface area contributed by atoms with Gasteiger partial charge in [0, 0.05) is 38.5 Å². The van der Waals surface area contributed by atoms with E-state index in [1.807, 2.05) is 17.9 Å². The van der Waals surface area contributed by atoms with Gasteiger partial charge in [-0.3, -0.25) is 9.59 Å². The smallest absolute Gasteiger partial charge is 0.349 e. The highest BCUT2D eigenvalue weighted by Crippen LogP contribution is 2.24. The van der Waals surface area contributed by atoms with E-state index in [0.29, 0.717) is 19.5 Å². The van der Waals surface area contributed by atoms with Gasteiger partial charge in [-0.25, -0.2) is 8.42 Å². The Balaban J connectivity index is 0.00000560. The second-order valence-electron chi connectivity index (χ2n) is 9.96. The standard InChI is InChI=1S/C28H36F3N3O4S.ClH/c1-3-34(27(36)19-21-9-11-24(12-10-21)39(2,37)38)23-13-16-33(17-14-23)18-15-25(22-7-5-4-6-8-22)32-26(35)20-28(29,30)31;/h4-12,23,25H,3,13-20H2,1-2H3,(H,32,35);1H/t25-;/m0./s1. The van der Waals surface area contributed by atoms with Gasteiger partial charge in [0.15, 0.2) is 9.84 Å². The number of amides is 2. The molecule has 7 nitrogen and oxygen atoms in total. The van der Waals surface area contributed by atoms with Crippen molar-refractivity contribution < 1.29 is 31.2 Å². The lowest BCUT2D eigenvalue weighted by atomic mass is 9.99. The van der Waals surface area contributed by atoms with Gasteiger partial charge in [0.1, 0.15) is 6.42 Å². The van der Waals surface area contributed by atoms with Gasteiger partial charge in [-0.05, 0) is 49.4 Å². The molecular weight excluding hydrogens is 567 g/mol. The van der Waals surface area contributed by atoms with Crippen molar-refractivity contribution in [2.75, 3.05) is 32.4 Å². The Bertz CT molecular complexity index is 1200.